The molecule has 1 aliphatic heterocycles. The van der Waals surface area contributed by atoms with Gasteiger partial charge in [0.15, 0.2) is 0 Å². The van der Waals surface area contributed by atoms with Gasteiger partial charge in [-0.15, -0.1) is 0 Å². The lowest BCUT2D eigenvalue weighted by Crippen LogP contribution is -2.19. The Balaban J connectivity index is 1.77. The van der Waals surface area contributed by atoms with Crippen LogP contribution in [0.25, 0.3) is 0 Å². The summed E-state index contributed by atoms with van der Waals surface area (Å²) in [7, 11) is 0. The lowest BCUT2D eigenvalue weighted by atomic mass is 10.1. The zero-order valence-electron chi connectivity index (χ0n) is 10.3. The lowest BCUT2D eigenvalue weighted by molar-refractivity contribution is 0.287. The SMILES string of the molecule is CC1Cc2occc2C(OCc2ccccc2)=N1. The van der Waals surface area contributed by atoms with E-state index in [1.807, 2.05) is 36.4 Å². The van der Waals surface area contributed by atoms with Crippen molar-refractivity contribution in [1.82, 2.24) is 0 Å². The minimum Gasteiger partial charge on any atom is -0.473 e. The monoisotopic (exact) mass is 241 g/mol. The van der Waals surface area contributed by atoms with Crippen LogP contribution >= 0.6 is 0 Å². The van der Waals surface area contributed by atoms with E-state index in [0.29, 0.717) is 12.5 Å². The fourth-order valence-corrected chi connectivity index (χ4v) is 2.11. The first-order chi connectivity index (χ1) is 8.83. The van der Waals surface area contributed by atoms with Crippen LogP contribution in [0.2, 0.25) is 0 Å². The van der Waals surface area contributed by atoms with E-state index in [2.05, 4.69) is 11.9 Å². The van der Waals surface area contributed by atoms with Crippen molar-refractivity contribution in [3.63, 3.8) is 0 Å². The Morgan fingerprint density at radius 1 is 1.28 bits per heavy atom. The number of aliphatic imine (C=N–C) groups is 1. The first kappa shape index (κ1) is 11.1. The van der Waals surface area contributed by atoms with Crippen molar-refractivity contribution < 1.29 is 9.15 Å². The summed E-state index contributed by atoms with van der Waals surface area (Å²) in [6, 6.07) is 12.2. The molecule has 92 valence electrons. The van der Waals surface area contributed by atoms with Crippen molar-refractivity contribution in [2.24, 2.45) is 4.99 Å². The molecule has 1 unspecified atom stereocenters. The highest BCUT2D eigenvalue weighted by atomic mass is 16.5. The van der Waals surface area contributed by atoms with Crippen LogP contribution in [0.1, 0.15) is 23.8 Å². The number of furan rings is 1. The Hall–Kier alpha value is -2.03. The van der Waals surface area contributed by atoms with Crippen LogP contribution < -0.4 is 0 Å². The topological polar surface area (TPSA) is 34.7 Å². The van der Waals surface area contributed by atoms with Gasteiger partial charge in [-0.05, 0) is 18.6 Å². The van der Waals surface area contributed by atoms with Gasteiger partial charge in [0, 0.05) is 6.42 Å². The third-order valence-corrected chi connectivity index (χ3v) is 3.01. The molecule has 0 saturated heterocycles. The zero-order valence-corrected chi connectivity index (χ0v) is 10.3. The van der Waals surface area contributed by atoms with Crippen molar-refractivity contribution in [2.75, 3.05) is 0 Å². The molecule has 0 fully saturated rings. The van der Waals surface area contributed by atoms with E-state index in [-0.39, 0.29) is 6.04 Å². The molecule has 0 aliphatic carbocycles. The van der Waals surface area contributed by atoms with Crippen LogP contribution in [0, 0.1) is 0 Å². The molecule has 3 rings (SSSR count). The predicted molar refractivity (Wildman–Crippen MR) is 69.6 cm³/mol. The van der Waals surface area contributed by atoms with Gasteiger partial charge in [0.05, 0.1) is 17.9 Å². The van der Waals surface area contributed by atoms with Crippen molar-refractivity contribution >= 4 is 5.90 Å². The number of nitrogens with zero attached hydrogens (tertiary/aromatic N) is 1. The van der Waals surface area contributed by atoms with E-state index in [0.717, 1.165) is 23.3 Å². The average Bonchev–Trinajstić information content (AvgIpc) is 2.85. The number of fused-ring (bicyclic) bond motifs is 1. The molecule has 1 aromatic carbocycles. The number of rotatable bonds is 2. The molecule has 0 saturated carbocycles. The Kier molecular flexibility index (Phi) is 2.89. The number of ether oxygens (including phenoxy) is 1. The molecule has 3 nitrogen and oxygen atoms in total. The normalized spacial score (nSPS) is 18.1. The molecule has 2 heterocycles. The van der Waals surface area contributed by atoms with Crippen LogP contribution in [0.5, 0.6) is 0 Å². The van der Waals surface area contributed by atoms with Gasteiger partial charge in [-0.25, -0.2) is 4.99 Å². The van der Waals surface area contributed by atoms with Gasteiger partial charge in [0.2, 0.25) is 5.90 Å². The Labute approximate surface area is 106 Å². The van der Waals surface area contributed by atoms with Gasteiger partial charge < -0.3 is 9.15 Å². The van der Waals surface area contributed by atoms with Gasteiger partial charge in [0.25, 0.3) is 0 Å². The van der Waals surface area contributed by atoms with Crippen LogP contribution in [-0.4, -0.2) is 11.9 Å². The second-order valence-electron chi connectivity index (χ2n) is 4.52. The Morgan fingerprint density at radius 2 is 2.11 bits per heavy atom. The molecule has 0 radical (unpaired) electrons. The standard InChI is InChI=1S/C15H15NO2/c1-11-9-14-13(7-8-17-14)15(16-11)18-10-12-5-3-2-4-6-12/h2-8,11H,9-10H2,1H3. The van der Waals surface area contributed by atoms with E-state index >= 15 is 0 Å². The number of hydrogen-bond donors (Lipinski definition) is 0. The largest absolute Gasteiger partial charge is 0.473 e. The highest BCUT2D eigenvalue weighted by molar-refractivity contribution is 5.96. The maximum absolute atomic E-state index is 5.81. The van der Waals surface area contributed by atoms with Gasteiger partial charge in [-0.3, -0.25) is 0 Å². The van der Waals surface area contributed by atoms with Crippen molar-refractivity contribution in [3.8, 4) is 0 Å². The van der Waals surface area contributed by atoms with Crippen LogP contribution in [0.4, 0.5) is 0 Å². The molecule has 0 amide bonds. The second kappa shape index (κ2) is 4.69. The van der Waals surface area contributed by atoms with E-state index in [9.17, 15) is 0 Å². The van der Waals surface area contributed by atoms with E-state index < -0.39 is 0 Å². The molecular formula is C15H15NO2. The Morgan fingerprint density at radius 3 is 2.94 bits per heavy atom. The average molecular weight is 241 g/mol. The summed E-state index contributed by atoms with van der Waals surface area (Å²) in [4.78, 5) is 4.55. The smallest absolute Gasteiger partial charge is 0.220 e. The van der Waals surface area contributed by atoms with Crippen molar-refractivity contribution in [1.29, 1.82) is 0 Å². The predicted octanol–water partition coefficient (Wildman–Crippen LogP) is 3.19. The van der Waals surface area contributed by atoms with Gasteiger partial charge in [-0.1, -0.05) is 30.3 Å². The Bertz CT molecular complexity index is 557. The van der Waals surface area contributed by atoms with E-state index in [1.165, 1.54) is 0 Å². The first-order valence-corrected chi connectivity index (χ1v) is 6.14. The molecule has 1 aliphatic rings. The molecule has 0 spiro atoms. The van der Waals surface area contributed by atoms with E-state index in [4.69, 9.17) is 9.15 Å². The third-order valence-electron chi connectivity index (χ3n) is 3.01. The minimum atomic E-state index is 0.217. The fraction of sp³-hybridized carbons (Fsp3) is 0.267. The molecular weight excluding hydrogens is 226 g/mol. The van der Waals surface area contributed by atoms with Crippen LogP contribution in [0.15, 0.2) is 52.1 Å². The lowest BCUT2D eigenvalue weighted by Gasteiger charge is -2.17. The molecule has 3 heteroatoms. The summed E-state index contributed by atoms with van der Waals surface area (Å²) in [6.45, 7) is 2.61. The molecule has 1 atom stereocenters. The summed E-state index contributed by atoms with van der Waals surface area (Å²) >= 11 is 0. The third kappa shape index (κ3) is 2.16. The highest BCUT2D eigenvalue weighted by Crippen LogP contribution is 2.21. The first-order valence-electron chi connectivity index (χ1n) is 6.14. The number of benzene rings is 1. The van der Waals surface area contributed by atoms with Gasteiger partial charge in [-0.2, -0.15) is 0 Å². The molecule has 2 aromatic rings. The van der Waals surface area contributed by atoms with Crippen molar-refractivity contribution in [3.05, 3.63) is 59.5 Å². The van der Waals surface area contributed by atoms with Gasteiger partial charge in [0.1, 0.15) is 12.4 Å². The molecule has 1 aromatic heterocycles. The maximum atomic E-state index is 5.81. The van der Waals surface area contributed by atoms with E-state index in [1.54, 1.807) is 6.26 Å². The van der Waals surface area contributed by atoms with Gasteiger partial charge >= 0.3 is 0 Å². The molecule has 0 N–H and O–H groups in total. The maximum Gasteiger partial charge on any atom is 0.220 e. The molecule has 0 bridgehead atoms. The minimum absolute atomic E-state index is 0.217. The summed E-state index contributed by atoms with van der Waals surface area (Å²) in [5.41, 5.74) is 2.13. The zero-order chi connectivity index (χ0) is 12.4. The summed E-state index contributed by atoms with van der Waals surface area (Å²) in [5.74, 6) is 1.67. The fourth-order valence-electron chi connectivity index (χ4n) is 2.11. The van der Waals surface area contributed by atoms with Crippen LogP contribution in [0.3, 0.4) is 0 Å². The summed E-state index contributed by atoms with van der Waals surface area (Å²) in [5, 5.41) is 0. The highest BCUT2D eigenvalue weighted by Gasteiger charge is 2.22. The number of hydrogen-bond acceptors (Lipinski definition) is 3. The second-order valence-corrected chi connectivity index (χ2v) is 4.52. The quantitative estimate of drug-likeness (QED) is 0.809. The molecule has 18 heavy (non-hydrogen) atoms. The van der Waals surface area contributed by atoms with Crippen molar-refractivity contribution in [2.45, 2.75) is 26.0 Å². The summed E-state index contributed by atoms with van der Waals surface area (Å²) in [6.07, 6.45) is 2.55. The summed E-state index contributed by atoms with van der Waals surface area (Å²) < 4.78 is 11.3. The van der Waals surface area contributed by atoms with Crippen LogP contribution in [-0.2, 0) is 17.8 Å².